The maximum Gasteiger partial charge on any atom is -0.0324 e. The van der Waals surface area contributed by atoms with Gasteiger partial charge in [0.1, 0.15) is 0 Å². The molecular formula is C22H45. The summed E-state index contributed by atoms with van der Waals surface area (Å²) in [5.41, 5.74) is 0. The molecule has 133 valence electrons. The molecule has 0 saturated carbocycles. The number of hydrogen-bond acceptors (Lipinski definition) is 0. The van der Waals surface area contributed by atoms with Crippen LogP contribution in [0.15, 0.2) is 0 Å². The molecule has 2 unspecified atom stereocenters. The topological polar surface area (TPSA) is 0 Å². The first-order valence-electron chi connectivity index (χ1n) is 10.6. The van der Waals surface area contributed by atoms with Crippen molar-refractivity contribution in [1.29, 1.82) is 0 Å². The molecule has 0 fully saturated rings. The molecule has 1 radical (unpaired) electrons. The quantitative estimate of drug-likeness (QED) is 0.237. The van der Waals surface area contributed by atoms with Crippen molar-refractivity contribution in [2.45, 2.75) is 124 Å². The van der Waals surface area contributed by atoms with Gasteiger partial charge in [0.05, 0.1) is 0 Å². The Kier molecular flexibility index (Phi) is 17.4. The van der Waals surface area contributed by atoms with E-state index in [1.54, 1.807) is 0 Å². The predicted octanol–water partition coefficient (Wildman–Crippen LogP) is 8.35. The fourth-order valence-electron chi connectivity index (χ4n) is 3.47. The van der Waals surface area contributed by atoms with E-state index < -0.39 is 0 Å². The largest absolute Gasteiger partial charge is 0.0654 e. The first-order valence-corrected chi connectivity index (χ1v) is 10.6. The average molecular weight is 310 g/mol. The maximum absolute atomic E-state index is 2.76. The molecule has 0 heterocycles. The standard InChI is InChI=1S/C22H45/c1-5-9-12-13-14-16-19-22(17-11-7-3)20-21(8-4)18-15-10-6-2/h20-22H,5-19H2,1-4H3. The SMILES string of the molecule is CCCCCCCCC([CH]C(CC)CCCCC)CCCC. The minimum Gasteiger partial charge on any atom is -0.0654 e. The van der Waals surface area contributed by atoms with Gasteiger partial charge in [0.15, 0.2) is 0 Å². The van der Waals surface area contributed by atoms with Crippen molar-refractivity contribution in [3.63, 3.8) is 0 Å². The predicted molar refractivity (Wildman–Crippen MR) is 103 cm³/mol. The molecule has 0 aromatic heterocycles. The van der Waals surface area contributed by atoms with Gasteiger partial charge in [0.2, 0.25) is 0 Å². The molecule has 0 aliphatic carbocycles. The highest BCUT2D eigenvalue weighted by atomic mass is 14.2. The summed E-state index contributed by atoms with van der Waals surface area (Å²) < 4.78 is 0. The van der Waals surface area contributed by atoms with Crippen molar-refractivity contribution in [2.75, 3.05) is 0 Å². The van der Waals surface area contributed by atoms with Gasteiger partial charge in [-0.2, -0.15) is 0 Å². The zero-order valence-corrected chi connectivity index (χ0v) is 16.3. The lowest BCUT2D eigenvalue weighted by Crippen LogP contribution is -2.10. The second kappa shape index (κ2) is 17.4. The molecule has 0 spiro atoms. The van der Waals surface area contributed by atoms with Crippen LogP contribution < -0.4 is 0 Å². The number of unbranched alkanes of at least 4 members (excludes halogenated alkanes) is 8. The Hall–Kier alpha value is 0. The van der Waals surface area contributed by atoms with Crippen LogP contribution in [0.5, 0.6) is 0 Å². The van der Waals surface area contributed by atoms with E-state index >= 15 is 0 Å². The highest BCUT2D eigenvalue weighted by molar-refractivity contribution is 4.83. The normalized spacial score (nSPS) is 14.2. The summed E-state index contributed by atoms with van der Waals surface area (Å²) in [5.74, 6) is 1.78. The number of hydrogen-bond donors (Lipinski definition) is 0. The molecule has 0 aliphatic rings. The summed E-state index contributed by atoms with van der Waals surface area (Å²) in [6.45, 7) is 9.33. The maximum atomic E-state index is 2.76. The van der Waals surface area contributed by atoms with Gasteiger partial charge in [0, 0.05) is 0 Å². The second-order valence-corrected chi connectivity index (χ2v) is 7.32. The van der Waals surface area contributed by atoms with Crippen molar-refractivity contribution in [1.82, 2.24) is 0 Å². The Labute approximate surface area is 142 Å². The van der Waals surface area contributed by atoms with Gasteiger partial charge >= 0.3 is 0 Å². The van der Waals surface area contributed by atoms with E-state index in [4.69, 9.17) is 0 Å². The van der Waals surface area contributed by atoms with E-state index in [1.807, 2.05) is 0 Å². The lowest BCUT2D eigenvalue weighted by Gasteiger charge is -2.22. The molecular weight excluding hydrogens is 264 g/mol. The first kappa shape index (κ1) is 22.0. The van der Waals surface area contributed by atoms with Gasteiger partial charge in [-0.15, -0.1) is 0 Å². The fraction of sp³-hybridized carbons (Fsp3) is 0.955. The van der Waals surface area contributed by atoms with E-state index in [9.17, 15) is 0 Å². The summed E-state index contributed by atoms with van der Waals surface area (Å²) >= 11 is 0. The molecule has 2 atom stereocenters. The Morgan fingerprint density at radius 3 is 1.59 bits per heavy atom. The Balaban J connectivity index is 3.96. The fourth-order valence-corrected chi connectivity index (χ4v) is 3.47. The van der Waals surface area contributed by atoms with Crippen LogP contribution in [0, 0.1) is 18.3 Å². The van der Waals surface area contributed by atoms with Gasteiger partial charge in [-0.05, 0) is 18.3 Å². The van der Waals surface area contributed by atoms with E-state index in [0.717, 1.165) is 11.8 Å². The Morgan fingerprint density at radius 2 is 0.955 bits per heavy atom. The highest BCUT2D eigenvalue weighted by Gasteiger charge is 2.15. The monoisotopic (exact) mass is 309 g/mol. The summed E-state index contributed by atoms with van der Waals surface area (Å²) in [6.07, 6.45) is 24.0. The van der Waals surface area contributed by atoms with E-state index in [-0.39, 0.29) is 0 Å². The molecule has 0 rings (SSSR count). The van der Waals surface area contributed by atoms with E-state index in [1.165, 1.54) is 96.3 Å². The minimum absolute atomic E-state index is 0.883. The van der Waals surface area contributed by atoms with Gasteiger partial charge in [-0.3, -0.25) is 0 Å². The lowest BCUT2D eigenvalue weighted by molar-refractivity contribution is 0.384. The van der Waals surface area contributed by atoms with Gasteiger partial charge in [0.25, 0.3) is 0 Å². The van der Waals surface area contributed by atoms with Crippen molar-refractivity contribution in [3.8, 4) is 0 Å². The van der Waals surface area contributed by atoms with Crippen LogP contribution in [-0.2, 0) is 0 Å². The van der Waals surface area contributed by atoms with Crippen LogP contribution in [0.4, 0.5) is 0 Å². The third kappa shape index (κ3) is 13.6. The molecule has 0 heteroatoms. The van der Waals surface area contributed by atoms with Crippen LogP contribution in [-0.4, -0.2) is 0 Å². The molecule has 0 N–H and O–H groups in total. The third-order valence-corrected chi connectivity index (χ3v) is 5.10. The molecule has 0 aromatic rings. The summed E-state index contributed by atoms with van der Waals surface area (Å²) in [4.78, 5) is 0. The molecule has 0 amide bonds. The van der Waals surface area contributed by atoms with Crippen LogP contribution >= 0.6 is 0 Å². The molecule has 0 nitrogen and oxygen atoms in total. The van der Waals surface area contributed by atoms with E-state index in [0.29, 0.717) is 0 Å². The van der Waals surface area contributed by atoms with Crippen LogP contribution in [0.1, 0.15) is 124 Å². The van der Waals surface area contributed by atoms with Crippen LogP contribution in [0.2, 0.25) is 0 Å². The molecule has 22 heavy (non-hydrogen) atoms. The van der Waals surface area contributed by atoms with Crippen LogP contribution in [0.3, 0.4) is 0 Å². The van der Waals surface area contributed by atoms with Gasteiger partial charge in [-0.1, -0.05) is 124 Å². The zero-order chi connectivity index (χ0) is 16.5. The molecule has 0 aromatic carbocycles. The lowest BCUT2D eigenvalue weighted by atomic mass is 9.83. The summed E-state index contributed by atoms with van der Waals surface area (Å²) in [6, 6.07) is 0. The van der Waals surface area contributed by atoms with E-state index in [2.05, 4.69) is 34.1 Å². The Bertz CT molecular complexity index is 196. The summed E-state index contributed by atoms with van der Waals surface area (Å²) in [7, 11) is 0. The van der Waals surface area contributed by atoms with Gasteiger partial charge in [-0.25, -0.2) is 0 Å². The highest BCUT2D eigenvalue weighted by Crippen LogP contribution is 2.28. The number of rotatable bonds is 17. The zero-order valence-electron chi connectivity index (χ0n) is 16.3. The van der Waals surface area contributed by atoms with Crippen molar-refractivity contribution < 1.29 is 0 Å². The molecule has 0 aliphatic heterocycles. The molecule has 0 bridgehead atoms. The van der Waals surface area contributed by atoms with Gasteiger partial charge < -0.3 is 0 Å². The van der Waals surface area contributed by atoms with Crippen molar-refractivity contribution in [3.05, 3.63) is 6.42 Å². The smallest absolute Gasteiger partial charge is 0.0324 e. The first-order chi connectivity index (χ1) is 10.8. The van der Waals surface area contributed by atoms with Crippen molar-refractivity contribution >= 4 is 0 Å². The molecule has 0 saturated heterocycles. The second-order valence-electron chi connectivity index (χ2n) is 7.32. The van der Waals surface area contributed by atoms with Crippen LogP contribution in [0.25, 0.3) is 0 Å². The average Bonchev–Trinajstić information content (AvgIpc) is 2.54. The Morgan fingerprint density at radius 1 is 0.500 bits per heavy atom. The minimum atomic E-state index is 0.883. The summed E-state index contributed by atoms with van der Waals surface area (Å²) in [5, 5.41) is 0. The van der Waals surface area contributed by atoms with Crippen molar-refractivity contribution in [2.24, 2.45) is 11.8 Å². The third-order valence-electron chi connectivity index (χ3n) is 5.10.